The molecule has 1 amide bonds. The average molecular weight is 345 g/mol. The summed E-state index contributed by atoms with van der Waals surface area (Å²) in [6.45, 7) is 3.78. The lowest BCUT2D eigenvalue weighted by molar-refractivity contribution is -0.137. The molecule has 0 saturated heterocycles. The number of aliphatic hydroxyl groups is 1. The number of rotatable bonds is 13. The maximum Gasteiger partial charge on any atom is 0.216 e. The zero-order chi connectivity index (χ0) is 17.7. The van der Waals surface area contributed by atoms with Crippen LogP contribution in [0.25, 0.3) is 0 Å². The van der Waals surface area contributed by atoms with Gasteiger partial charge in [-0.2, -0.15) is 0 Å². The van der Waals surface area contributed by atoms with E-state index in [1.165, 1.54) is 6.92 Å². The first-order valence-electron chi connectivity index (χ1n) is 8.01. The van der Waals surface area contributed by atoms with Crippen molar-refractivity contribution in [1.82, 2.24) is 5.32 Å². The average Bonchev–Trinajstić information content (AvgIpc) is 2.49. The van der Waals surface area contributed by atoms with Gasteiger partial charge in [0.25, 0.3) is 0 Å². The summed E-state index contributed by atoms with van der Waals surface area (Å²) >= 11 is 1.05. The van der Waals surface area contributed by atoms with Gasteiger partial charge >= 0.3 is 0 Å². The first kappa shape index (κ1) is 21.8. The number of amides is 1. The predicted molar refractivity (Wildman–Crippen MR) is 90.2 cm³/mol. The summed E-state index contributed by atoms with van der Waals surface area (Å²) in [6.07, 6.45) is 2.28. The molecule has 7 heteroatoms. The van der Waals surface area contributed by atoms with Gasteiger partial charge in [-0.25, -0.2) is 0 Å². The predicted octanol–water partition coefficient (Wildman–Crippen LogP) is 1.63. The third kappa shape index (κ3) is 13.0. The molecule has 0 aromatic heterocycles. The van der Waals surface area contributed by atoms with Crippen molar-refractivity contribution in [2.75, 3.05) is 12.3 Å². The van der Waals surface area contributed by atoms with Gasteiger partial charge in [0, 0.05) is 38.5 Å². The first-order chi connectivity index (χ1) is 10.9. The summed E-state index contributed by atoms with van der Waals surface area (Å²) in [5.74, 6) is -0.686. The van der Waals surface area contributed by atoms with Crippen molar-refractivity contribution in [3.05, 3.63) is 0 Å². The van der Waals surface area contributed by atoms with Gasteiger partial charge in [0.05, 0.1) is 6.10 Å². The van der Waals surface area contributed by atoms with Crippen LogP contribution >= 0.6 is 11.8 Å². The molecule has 0 aliphatic carbocycles. The molecule has 0 fully saturated rings. The van der Waals surface area contributed by atoms with Crippen molar-refractivity contribution in [3.8, 4) is 0 Å². The van der Waals surface area contributed by atoms with Crippen molar-refractivity contribution in [1.29, 1.82) is 0 Å². The molecule has 23 heavy (non-hydrogen) atoms. The summed E-state index contributed by atoms with van der Waals surface area (Å²) < 4.78 is 0. The lowest BCUT2D eigenvalue weighted by Gasteiger charge is -2.07. The minimum atomic E-state index is -0.522. The van der Waals surface area contributed by atoms with Crippen LogP contribution in [0.15, 0.2) is 0 Å². The van der Waals surface area contributed by atoms with Crippen molar-refractivity contribution in [3.63, 3.8) is 0 Å². The molecule has 1 unspecified atom stereocenters. The third-order valence-electron chi connectivity index (χ3n) is 3.17. The SMILES string of the molecule is CCCC(O)CCCC(=O)C(=O)CCC(=O)SCCNC(C)=O. The molecule has 0 bridgehead atoms. The molecule has 0 heterocycles. The second-order valence-corrected chi connectivity index (χ2v) is 6.54. The Morgan fingerprint density at radius 2 is 1.70 bits per heavy atom. The Morgan fingerprint density at radius 1 is 1.04 bits per heavy atom. The molecular formula is C16H27NO5S. The van der Waals surface area contributed by atoms with Crippen LogP contribution < -0.4 is 5.32 Å². The van der Waals surface area contributed by atoms with Crippen LogP contribution in [0.3, 0.4) is 0 Å². The Kier molecular flexibility index (Phi) is 12.6. The van der Waals surface area contributed by atoms with Crippen LogP contribution in [-0.4, -0.2) is 46.1 Å². The van der Waals surface area contributed by atoms with E-state index in [-0.39, 0.29) is 30.3 Å². The highest BCUT2D eigenvalue weighted by Crippen LogP contribution is 2.10. The molecule has 0 saturated carbocycles. The fourth-order valence-corrected chi connectivity index (χ4v) is 2.61. The molecule has 0 aliphatic rings. The number of hydrogen-bond donors (Lipinski definition) is 2. The molecule has 0 radical (unpaired) electrons. The molecule has 0 aromatic rings. The number of aliphatic hydroxyl groups excluding tert-OH is 1. The summed E-state index contributed by atoms with van der Waals surface area (Å²) in [6, 6.07) is 0. The molecule has 0 rings (SSSR count). The van der Waals surface area contributed by atoms with Gasteiger partial charge in [-0.1, -0.05) is 25.1 Å². The van der Waals surface area contributed by atoms with Gasteiger partial charge < -0.3 is 10.4 Å². The number of carbonyl (C=O) groups excluding carboxylic acids is 4. The molecule has 0 aliphatic heterocycles. The minimum Gasteiger partial charge on any atom is -0.393 e. The van der Waals surface area contributed by atoms with Gasteiger partial charge in [0.1, 0.15) is 0 Å². The van der Waals surface area contributed by atoms with Crippen LogP contribution in [0.2, 0.25) is 0 Å². The highest BCUT2D eigenvalue weighted by molar-refractivity contribution is 8.13. The first-order valence-corrected chi connectivity index (χ1v) is 8.99. The van der Waals surface area contributed by atoms with Crippen molar-refractivity contribution in [2.24, 2.45) is 0 Å². The van der Waals surface area contributed by atoms with E-state index in [9.17, 15) is 24.3 Å². The largest absolute Gasteiger partial charge is 0.393 e. The third-order valence-corrected chi connectivity index (χ3v) is 4.10. The number of ketones is 2. The summed E-state index contributed by atoms with van der Waals surface area (Å²) in [7, 11) is 0. The number of carbonyl (C=O) groups is 4. The highest BCUT2D eigenvalue weighted by Gasteiger charge is 2.16. The lowest BCUT2D eigenvalue weighted by atomic mass is 10.0. The highest BCUT2D eigenvalue weighted by atomic mass is 32.2. The van der Waals surface area contributed by atoms with Crippen molar-refractivity contribution < 1.29 is 24.3 Å². The molecule has 0 aromatic carbocycles. The van der Waals surface area contributed by atoms with Crippen LogP contribution in [-0.2, 0) is 19.2 Å². The Hall–Kier alpha value is -1.21. The van der Waals surface area contributed by atoms with Gasteiger partial charge in [-0.3, -0.25) is 19.2 Å². The van der Waals surface area contributed by atoms with E-state index in [2.05, 4.69) is 5.32 Å². The van der Waals surface area contributed by atoms with E-state index in [4.69, 9.17) is 0 Å². The second kappa shape index (κ2) is 13.2. The van der Waals surface area contributed by atoms with E-state index >= 15 is 0 Å². The van der Waals surface area contributed by atoms with Gasteiger partial charge in [-0.15, -0.1) is 0 Å². The maximum atomic E-state index is 11.6. The zero-order valence-electron chi connectivity index (χ0n) is 13.9. The van der Waals surface area contributed by atoms with Gasteiger partial charge in [-0.05, 0) is 19.3 Å². The quantitative estimate of drug-likeness (QED) is 0.389. The monoisotopic (exact) mass is 345 g/mol. The van der Waals surface area contributed by atoms with Crippen LogP contribution in [0.1, 0.15) is 58.8 Å². The van der Waals surface area contributed by atoms with Gasteiger partial charge in [0.2, 0.25) is 5.91 Å². The van der Waals surface area contributed by atoms with E-state index in [1.54, 1.807) is 0 Å². The van der Waals surface area contributed by atoms with E-state index < -0.39 is 17.7 Å². The minimum absolute atomic E-state index is 0.0355. The zero-order valence-corrected chi connectivity index (χ0v) is 14.7. The van der Waals surface area contributed by atoms with E-state index in [0.717, 1.165) is 18.2 Å². The number of thioether (sulfide) groups is 1. The smallest absolute Gasteiger partial charge is 0.216 e. The number of nitrogens with one attached hydrogen (secondary N) is 1. The summed E-state index contributed by atoms with van der Waals surface area (Å²) in [4.78, 5) is 45.5. The molecule has 0 spiro atoms. The normalized spacial score (nSPS) is 11.8. The van der Waals surface area contributed by atoms with Crippen molar-refractivity contribution in [2.45, 2.75) is 64.9 Å². The van der Waals surface area contributed by atoms with E-state index in [0.29, 0.717) is 31.6 Å². The van der Waals surface area contributed by atoms with Crippen molar-refractivity contribution >= 4 is 34.4 Å². The molecule has 6 nitrogen and oxygen atoms in total. The number of Topliss-reactive ketones (excluding diaryl/α,β-unsaturated/α-hetero) is 2. The van der Waals surface area contributed by atoms with Crippen LogP contribution in [0, 0.1) is 0 Å². The second-order valence-electron chi connectivity index (χ2n) is 5.38. The maximum absolute atomic E-state index is 11.6. The van der Waals surface area contributed by atoms with Crippen LogP contribution in [0.5, 0.6) is 0 Å². The van der Waals surface area contributed by atoms with Crippen LogP contribution in [0.4, 0.5) is 0 Å². The Morgan fingerprint density at radius 3 is 2.30 bits per heavy atom. The van der Waals surface area contributed by atoms with Gasteiger partial charge in [0.15, 0.2) is 16.7 Å². The molecule has 1 atom stereocenters. The summed E-state index contributed by atoms with van der Waals surface area (Å²) in [5.41, 5.74) is 0. The Bertz CT molecular complexity index is 411. The van der Waals surface area contributed by atoms with E-state index in [1.807, 2.05) is 6.92 Å². The number of hydrogen-bond acceptors (Lipinski definition) is 6. The Balaban J connectivity index is 3.76. The standard InChI is InChI=1S/C16H27NO5S/c1-3-5-13(19)6-4-7-14(20)15(21)8-9-16(22)23-11-10-17-12(2)18/h13,19H,3-11H2,1-2H3,(H,17,18). The molecule has 132 valence electrons. The Labute approximate surface area is 141 Å². The fraction of sp³-hybridized carbons (Fsp3) is 0.750. The molecular weight excluding hydrogens is 318 g/mol. The molecule has 2 N–H and O–H groups in total. The topological polar surface area (TPSA) is 101 Å². The summed E-state index contributed by atoms with van der Waals surface area (Å²) in [5, 5.41) is 12.0. The lowest BCUT2D eigenvalue weighted by Crippen LogP contribution is -2.22. The fourth-order valence-electron chi connectivity index (χ4n) is 1.93.